The molecule has 1 aliphatic heterocycles. The molecule has 0 bridgehead atoms. The van der Waals surface area contributed by atoms with Crippen molar-refractivity contribution in [2.75, 3.05) is 27.7 Å². The molecule has 0 aromatic heterocycles. The molecule has 3 atom stereocenters. The highest BCUT2D eigenvalue weighted by molar-refractivity contribution is 5.53. The first-order valence-electron chi connectivity index (χ1n) is 5.23. The molecule has 1 aliphatic rings. The van der Waals surface area contributed by atoms with Crippen LogP contribution >= 0.6 is 0 Å². The monoisotopic (exact) mass is 218 g/mol. The second kappa shape index (κ2) is 6.63. The van der Waals surface area contributed by atoms with Crippen LogP contribution in [0.3, 0.4) is 0 Å². The number of nitrogens with one attached hydrogen (secondary N) is 1. The summed E-state index contributed by atoms with van der Waals surface area (Å²) in [4.78, 5) is 13.2. The normalized spacial score (nSPS) is 30.6. The lowest BCUT2D eigenvalue weighted by molar-refractivity contribution is -0.898. The van der Waals surface area contributed by atoms with Gasteiger partial charge >= 0.3 is 0 Å². The molecule has 0 aliphatic carbocycles. The number of nitrogens with zero attached hydrogens (tertiary/aromatic N) is 1. The topological polar surface area (TPSA) is 57.0 Å². The molecule has 1 rings (SSSR count). The maximum atomic E-state index is 9.03. The minimum Gasteiger partial charge on any atom is -0.553 e. The molecule has 1 saturated heterocycles. The average molecular weight is 218 g/mol. The van der Waals surface area contributed by atoms with Crippen molar-refractivity contribution in [2.24, 2.45) is 0 Å². The van der Waals surface area contributed by atoms with E-state index in [1.165, 1.54) is 13.0 Å². The molecule has 0 saturated carbocycles. The number of carbonyl (C=O) groups is 1. The number of hydrogen-bond donors (Lipinski definition) is 1. The van der Waals surface area contributed by atoms with Crippen molar-refractivity contribution >= 4 is 6.16 Å². The Hall–Kier alpha value is -0.810. The van der Waals surface area contributed by atoms with Crippen LogP contribution in [0.1, 0.15) is 20.3 Å². The summed E-state index contributed by atoms with van der Waals surface area (Å²) >= 11 is 0. The Morgan fingerprint density at radius 1 is 1.67 bits per heavy atom. The number of rotatable bonds is 1. The third-order valence-corrected chi connectivity index (χ3v) is 2.93. The zero-order valence-electron chi connectivity index (χ0n) is 10.2. The van der Waals surface area contributed by atoms with Gasteiger partial charge in [0.05, 0.1) is 19.6 Å². The van der Waals surface area contributed by atoms with Crippen molar-refractivity contribution in [3.8, 4) is 0 Å². The standard InChI is InChI=1S/C8H18N2.C2H4O3/c1-5-8-9(3)6-7(2)10(8)4;1-5-2(3)4/h7-8H,5-6H2,1-4H3;1H3,(H,3,4). The van der Waals surface area contributed by atoms with Crippen LogP contribution in [0.15, 0.2) is 0 Å². The molecule has 0 aromatic carbocycles. The van der Waals surface area contributed by atoms with Crippen LogP contribution in [0, 0.1) is 0 Å². The van der Waals surface area contributed by atoms with Crippen LogP contribution < -0.4 is 10.0 Å². The minimum atomic E-state index is -1.50. The molecule has 0 aromatic rings. The van der Waals surface area contributed by atoms with Gasteiger partial charge in [0.25, 0.3) is 6.16 Å². The highest BCUT2D eigenvalue weighted by Gasteiger charge is 2.34. The van der Waals surface area contributed by atoms with Gasteiger partial charge in [-0.1, -0.05) is 6.92 Å². The van der Waals surface area contributed by atoms with Crippen molar-refractivity contribution in [3.63, 3.8) is 0 Å². The summed E-state index contributed by atoms with van der Waals surface area (Å²) in [6.45, 7) is 5.87. The van der Waals surface area contributed by atoms with Crippen LogP contribution in [0.2, 0.25) is 0 Å². The van der Waals surface area contributed by atoms with E-state index in [9.17, 15) is 0 Å². The number of carboxylic acid groups (broad SMARTS) is 1. The van der Waals surface area contributed by atoms with Gasteiger partial charge < -0.3 is 19.5 Å². The second-order valence-electron chi connectivity index (χ2n) is 3.94. The number of hydrogen-bond acceptors (Lipinski definition) is 4. The van der Waals surface area contributed by atoms with Crippen LogP contribution in [0.4, 0.5) is 4.79 Å². The molecule has 0 amide bonds. The summed E-state index contributed by atoms with van der Waals surface area (Å²) in [7, 11) is 5.55. The molecule has 5 nitrogen and oxygen atoms in total. The summed E-state index contributed by atoms with van der Waals surface area (Å²) < 4.78 is 3.56. The summed E-state index contributed by atoms with van der Waals surface area (Å²) in [5.74, 6) is 0. The zero-order chi connectivity index (χ0) is 12.0. The third kappa shape index (κ3) is 4.48. The van der Waals surface area contributed by atoms with Crippen molar-refractivity contribution < 1.29 is 19.5 Å². The maximum Gasteiger partial charge on any atom is 0.251 e. The fourth-order valence-electron chi connectivity index (χ4n) is 2.04. The minimum absolute atomic E-state index is 0.759. The van der Waals surface area contributed by atoms with Gasteiger partial charge in [-0.05, 0) is 14.0 Å². The van der Waals surface area contributed by atoms with E-state index in [4.69, 9.17) is 9.90 Å². The predicted molar refractivity (Wildman–Crippen MR) is 55.5 cm³/mol. The van der Waals surface area contributed by atoms with Crippen molar-refractivity contribution in [3.05, 3.63) is 0 Å². The third-order valence-electron chi connectivity index (χ3n) is 2.93. The van der Waals surface area contributed by atoms with Gasteiger partial charge in [0.2, 0.25) is 0 Å². The molecule has 1 N–H and O–H groups in total. The molecule has 0 radical (unpaired) electrons. The van der Waals surface area contributed by atoms with E-state index in [-0.39, 0.29) is 0 Å². The van der Waals surface area contributed by atoms with Crippen LogP contribution in [0.25, 0.3) is 0 Å². The fourth-order valence-corrected chi connectivity index (χ4v) is 2.04. The Balaban J connectivity index is 0.000000336. The fraction of sp³-hybridized carbons (Fsp3) is 0.900. The van der Waals surface area contributed by atoms with Crippen LogP contribution in [-0.4, -0.2) is 51.0 Å². The Kier molecular flexibility index (Phi) is 6.27. The van der Waals surface area contributed by atoms with Gasteiger partial charge in [-0.25, -0.2) is 4.90 Å². The smallest absolute Gasteiger partial charge is 0.251 e. The summed E-state index contributed by atoms with van der Waals surface area (Å²) in [5, 5.41) is 9.03. The number of carbonyl (C=O) groups excluding carboxylic acids is 1. The van der Waals surface area contributed by atoms with Gasteiger partial charge in [-0.15, -0.1) is 0 Å². The first-order valence-corrected chi connectivity index (χ1v) is 5.23. The van der Waals surface area contributed by atoms with Gasteiger partial charge in [0.15, 0.2) is 0 Å². The Labute approximate surface area is 91.6 Å². The molecule has 15 heavy (non-hydrogen) atoms. The summed E-state index contributed by atoms with van der Waals surface area (Å²) in [6, 6.07) is 0.768. The Bertz CT molecular complexity index is 199. The largest absolute Gasteiger partial charge is 0.553 e. The van der Waals surface area contributed by atoms with Crippen LogP contribution in [-0.2, 0) is 4.74 Å². The highest BCUT2D eigenvalue weighted by atomic mass is 16.6. The lowest BCUT2D eigenvalue weighted by Crippen LogP contribution is -3.11. The molecule has 5 heteroatoms. The van der Waals surface area contributed by atoms with E-state index in [0.29, 0.717) is 0 Å². The first kappa shape index (κ1) is 14.2. The maximum absolute atomic E-state index is 9.03. The van der Waals surface area contributed by atoms with E-state index < -0.39 is 6.16 Å². The molecule has 3 unspecified atom stereocenters. The first-order chi connectivity index (χ1) is 6.93. The number of likely N-dealkylation sites (N-methyl/N-ethyl adjacent to an activating group) is 2. The van der Waals surface area contributed by atoms with Gasteiger partial charge in [0, 0.05) is 13.5 Å². The lowest BCUT2D eigenvalue weighted by atomic mass is 10.3. The zero-order valence-corrected chi connectivity index (χ0v) is 10.2. The van der Waals surface area contributed by atoms with E-state index in [0.717, 1.165) is 19.3 Å². The predicted octanol–water partition coefficient (Wildman–Crippen LogP) is -1.45. The summed E-state index contributed by atoms with van der Waals surface area (Å²) in [5.41, 5.74) is 0. The van der Waals surface area contributed by atoms with Crippen molar-refractivity contribution in [2.45, 2.75) is 32.5 Å². The summed E-state index contributed by atoms with van der Waals surface area (Å²) in [6.07, 6.45) is 0.534. The second-order valence-corrected chi connectivity index (χ2v) is 3.94. The number of quaternary nitrogens is 1. The number of methoxy groups -OCH3 is 1. The van der Waals surface area contributed by atoms with E-state index in [1.807, 2.05) is 0 Å². The van der Waals surface area contributed by atoms with E-state index >= 15 is 0 Å². The molecule has 1 fully saturated rings. The quantitative estimate of drug-likeness (QED) is 0.547. The van der Waals surface area contributed by atoms with Crippen molar-refractivity contribution in [1.29, 1.82) is 0 Å². The van der Waals surface area contributed by atoms with Gasteiger partial charge in [-0.2, -0.15) is 0 Å². The molecule has 0 spiro atoms. The lowest BCUT2D eigenvalue weighted by Gasteiger charge is -2.20. The molecular weight excluding hydrogens is 196 g/mol. The van der Waals surface area contributed by atoms with E-state index in [1.54, 1.807) is 4.90 Å². The van der Waals surface area contributed by atoms with Crippen LogP contribution in [0.5, 0.6) is 0 Å². The molecule has 1 heterocycles. The van der Waals surface area contributed by atoms with Gasteiger partial charge in [-0.3, -0.25) is 0 Å². The van der Waals surface area contributed by atoms with Crippen molar-refractivity contribution in [1.82, 2.24) is 4.90 Å². The molecule has 90 valence electrons. The number of ether oxygens (including phenoxy) is 1. The van der Waals surface area contributed by atoms with Gasteiger partial charge in [0.1, 0.15) is 6.17 Å². The Morgan fingerprint density at radius 2 is 2.13 bits per heavy atom. The highest BCUT2D eigenvalue weighted by Crippen LogP contribution is 2.04. The SMILES string of the molecule is CCC1N(C)C(C)C[NH+]1C.COC(=O)[O-]. The Morgan fingerprint density at radius 3 is 2.27 bits per heavy atom. The molecular formula is C10H22N2O3. The van der Waals surface area contributed by atoms with E-state index in [2.05, 4.69) is 37.6 Å². The average Bonchev–Trinajstić information content (AvgIpc) is 2.42.